The number of anilines is 1. The van der Waals surface area contributed by atoms with Crippen LogP contribution in [0.5, 0.6) is 5.75 Å². The Kier molecular flexibility index (Phi) is 9.15. The summed E-state index contributed by atoms with van der Waals surface area (Å²) in [5, 5.41) is 5.60. The summed E-state index contributed by atoms with van der Waals surface area (Å²) in [4.78, 5) is 25.4. The Morgan fingerprint density at radius 2 is 1.79 bits per heavy atom. The maximum atomic E-state index is 13.0. The second kappa shape index (κ2) is 11.6. The number of hydrogen-bond acceptors (Lipinski definition) is 4. The first kappa shape index (κ1) is 22.9. The number of halogens is 1. The average molecular weight is 463 g/mol. The number of carbonyl (C=O) groups excluding carboxylic acids is 2. The average Bonchev–Trinajstić information content (AvgIpc) is 2.69. The summed E-state index contributed by atoms with van der Waals surface area (Å²) >= 11 is 3.40. The van der Waals surface area contributed by atoms with Gasteiger partial charge in [0, 0.05) is 18.1 Å². The second-order valence-corrected chi connectivity index (χ2v) is 7.84. The van der Waals surface area contributed by atoms with Crippen LogP contribution in [0.25, 0.3) is 0 Å². The Labute approximate surface area is 180 Å². The van der Waals surface area contributed by atoms with Crippen LogP contribution < -0.4 is 15.4 Å². The lowest BCUT2D eigenvalue weighted by atomic mass is 10.1. The number of carbonyl (C=O) groups is 2. The minimum absolute atomic E-state index is 0.277. The van der Waals surface area contributed by atoms with Crippen LogP contribution in [0, 0.1) is 5.92 Å². The number of nitrogens with one attached hydrogen (secondary N) is 2. The first-order chi connectivity index (χ1) is 13.9. The molecule has 0 aliphatic carbocycles. The molecule has 2 aromatic rings. The fourth-order valence-corrected chi connectivity index (χ4v) is 2.91. The second-order valence-electron chi connectivity index (χ2n) is 6.92. The molecule has 0 heterocycles. The first-order valence-corrected chi connectivity index (χ1v) is 10.3. The van der Waals surface area contributed by atoms with Crippen molar-refractivity contribution in [3.05, 3.63) is 58.1 Å². The molecule has 2 aromatic carbocycles. The molecule has 0 spiro atoms. The van der Waals surface area contributed by atoms with Gasteiger partial charge in [0.25, 0.3) is 11.8 Å². The van der Waals surface area contributed by atoms with Crippen molar-refractivity contribution in [3.8, 4) is 5.75 Å². The molecule has 0 radical (unpaired) electrons. The number of methoxy groups -OCH3 is 1. The summed E-state index contributed by atoms with van der Waals surface area (Å²) in [6.07, 6.45) is 0.890. The molecule has 156 valence electrons. The van der Waals surface area contributed by atoms with Gasteiger partial charge in [-0.05, 0) is 42.7 Å². The van der Waals surface area contributed by atoms with Gasteiger partial charge in [-0.15, -0.1) is 0 Å². The summed E-state index contributed by atoms with van der Waals surface area (Å²) in [7, 11) is 1.57. The highest BCUT2D eigenvalue weighted by Gasteiger charge is 2.17. The lowest BCUT2D eigenvalue weighted by molar-refractivity contribution is 0.0938. The molecule has 0 aromatic heterocycles. The first-order valence-electron chi connectivity index (χ1n) is 9.52. The van der Waals surface area contributed by atoms with Crippen molar-refractivity contribution in [2.75, 3.05) is 32.2 Å². The zero-order valence-corrected chi connectivity index (χ0v) is 18.5. The van der Waals surface area contributed by atoms with Crippen molar-refractivity contribution in [3.63, 3.8) is 0 Å². The number of para-hydroxylation sites is 1. The molecule has 2 rings (SSSR count). The lowest BCUT2D eigenvalue weighted by Crippen LogP contribution is -2.28. The molecule has 2 amide bonds. The summed E-state index contributed by atoms with van der Waals surface area (Å²) in [5.74, 6) is 0.392. The maximum absolute atomic E-state index is 13.0. The van der Waals surface area contributed by atoms with Crippen LogP contribution in [0.1, 0.15) is 41.0 Å². The van der Waals surface area contributed by atoms with E-state index in [0.29, 0.717) is 48.2 Å². The van der Waals surface area contributed by atoms with Gasteiger partial charge in [-0.25, -0.2) is 0 Å². The Morgan fingerprint density at radius 1 is 1.03 bits per heavy atom. The lowest BCUT2D eigenvalue weighted by Gasteiger charge is -2.15. The van der Waals surface area contributed by atoms with E-state index in [9.17, 15) is 9.59 Å². The number of rotatable bonds is 10. The van der Waals surface area contributed by atoms with E-state index in [0.717, 1.165) is 10.9 Å². The highest BCUT2D eigenvalue weighted by atomic mass is 79.9. The van der Waals surface area contributed by atoms with Gasteiger partial charge in [0.1, 0.15) is 5.75 Å². The molecule has 0 atom stereocenters. The third kappa shape index (κ3) is 7.18. The van der Waals surface area contributed by atoms with Crippen molar-refractivity contribution in [1.29, 1.82) is 0 Å². The molecular formula is C22H27BrN2O4. The van der Waals surface area contributed by atoms with Crippen molar-refractivity contribution < 1.29 is 19.1 Å². The van der Waals surface area contributed by atoms with Crippen LogP contribution in [-0.2, 0) is 4.74 Å². The Hall–Kier alpha value is -2.38. The standard InChI is InChI=1S/C22H27BrN2O4/c1-15(2)10-12-29-20-9-8-16(23)14-18(20)22(27)25-19-7-5-4-6-17(19)21(26)24-11-13-28-3/h4-9,14-15H,10-13H2,1-3H3,(H,24,26)(H,25,27). The molecular weight excluding hydrogens is 436 g/mol. The highest BCUT2D eigenvalue weighted by Crippen LogP contribution is 2.25. The zero-order valence-electron chi connectivity index (χ0n) is 17.0. The normalized spacial score (nSPS) is 10.7. The maximum Gasteiger partial charge on any atom is 0.259 e. The van der Waals surface area contributed by atoms with Crippen LogP contribution >= 0.6 is 15.9 Å². The van der Waals surface area contributed by atoms with E-state index in [4.69, 9.17) is 9.47 Å². The van der Waals surface area contributed by atoms with Crippen LogP contribution in [0.15, 0.2) is 46.9 Å². The van der Waals surface area contributed by atoms with E-state index in [1.807, 2.05) is 6.07 Å². The fourth-order valence-electron chi connectivity index (χ4n) is 2.55. The van der Waals surface area contributed by atoms with Crippen LogP contribution in [0.3, 0.4) is 0 Å². The summed E-state index contributed by atoms with van der Waals surface area (Å²) in [6, 6.07) is 12.2. The largest absolute Gasteiger partial charge is 0.493 e. The third-order valence-electron chi connectivity index (χ3n) is 4.15. The van der Waals surface area contributed by atoms with Gasteiger partial charge in [-0.2, -0.15) is 0 Å². The molecule has 29 heavy (non-hydrogen) atoms. The van der Waals surface area contributed by atoms with Crippen molar-refractivity contribution >= 4 is 33.4 Å². The number of amides is 2. The molecule has 0 aliphatic heterocycles. The molecule has 7 heteroatoms. The minimum Gasteiger partial charge on any atom is -0.493 e. The SMILES string of the molecule is COCCNC(=O)c1ccccc1NC(=O)c1cc(Br)ccc1OCCC(C)C. The van der Waals surface area contributed by atoms with Gasteiger partial charge < -0.3 is 20.1 Å². The van der Waals surface area contributed by atoms with E-state index >= 15 is 0 Å². The molecule has 0 saturated carbocycles. The van der Waals surface area contributed by atoms with E-state index in [-0.39, 0.29) is 11.8 Å². The molecule has 0 fully saturated rings. The smallest absolute Gasteiger partial charge is 0.259 e. The van der Waals surface area contributed by atoms with E-state index in [1.165, 1.54) is 0 Å². The quantitative estimate of drug-likeness (QED) is 0.509. The summed E-state index contributed by atoms with van der Waals surface area (Å²) in [6.45, 7) is 5.56. The third-order valence-corrected chi connectivity index (χ3v) is 4.64. The molecule has 0 unspecified atom stereocenters. The Bertz CT molecular complexity index is 839. The number of ether oxygens (including phenoxy) is 2. The molecule has 2 N–H and O–H groups in total. The van der Waals surface area contributed by atoms with E-state index in [2.05, 4.69) is 40.4 Å². The van der Waals surface area contributed by atoms with Gasteiger partial charge in [0.05, 0.1) is 30.0 Å². The van der Waals surface area contributed by atoms with Crippen molar-refractivity contribution in [2.45, 2.75) is 20.3 Å². The number of hydrogen-bond donors (Lipinski definition) is 2. The Morgan fingerprint density at radius 3 is 2.52 bits per heavy atom. The Balaban J connectivity index is 2.18. The summed E-state index contributed by atoms with van der Waals surface area (Å²) in [5.41, 5.74) is 1.22. The van der Waals surface area contributed by atoms with Crippen LogP contribution in [0.4, 0.5) is 5.69 Å². The van der Waals surface area contributed by atoms with Crippen molar-refractivity contribution in [2.24, 2.45) is 5.92 Å². The van der Waals surface area contributed by atoms with Gasteiger partial charge in [-0.1, -0.05) is 41.9 Å². The summed E-state index contributed by atoms with van der Waals surface area (Å²) < 4.78 is 11.5. The van der Waals surface area contributed by atoms with Gasteiger partial charge >= 0.3 is 0 Å². The molecule has 6 nitrogen and oxygen atoms in total. The molecule has 0 aliphatic rings. The molecule has 0 bridgehead atoms. The van der Waals surface area contributed by atoms with Gasteiger partial charge in [0.15, 0.2) is 0 Å². The van der Waals surface area contributed by atoms with Gasteiger partial charge in [-0.3, -0.25) is 9.59 Å². The van der Waals surface area contributed by atoms with Gasteiger partial charge in [0.2, 0.25) is 0 Å². The monoisotopic (exact) mass is 462 g/mol. The van der Waals surface area contributed by atoms with E-state index in [1.54, 1.807) is 43.5 Å². The zero-order chi connectivity index (χ0) is 21.2. The highest BCUT2D eigenvalue weighted by molar-refractivity contribution is 9.10. The predicted octanol–water partition coefficient (Wildman–Crippen LogP) is 4.50. The van der Waals surface area contributed by atoms with Crippen LogP contribution in [0.2, 0.25) is 0 Å². The minimum atomic E-state index is -0.344. The van der Waals surface area contributed by atoms with E-state index < -0.39 is 0 Å². The molecule has 0 saturated heterocycles. The van der Waals surface area contributed by atoms with Crippen molar-refractivity contribution in [1.82, 2.24) is 5.32 Å². The fraction of sp³-hybridized carbons (Fsp3) is 0.364. The topological polar surface area (TPSA) is 76.7 Å². The number of benzene rings is 2. The van der Waals surface area contributed by atoms with Crippen LogP contribution in [-0.4, -0.2) is 38.7 Å². The predicted molar refractivity (Wildman–Crippen MR) is 118 cm³/mol.